The van der Waals surface area contributed by atoms with Crippen LogP contribution in [-0.2, 0) is 16.0 Å². The topological polar surface area (TPSA) is 38.3 Å². The Morgan fingerprint density at radius 3 is 2.26 bits per heavy atom. The van der Waals surface area contributed by atoms with E-state index in [1.165, 1.54) is 11.1 Å². The summed E-state index contributed by atoms with van der Waals surface area (Å²) < 4.78 is 5.23. The summed E-state index contributed by atoms with van der Waals surface area (Å²) in [4.78, 5) is 12.2. The van der Waals surface area contributed by atoms with Crippen molar-refractivity contribution >= 4 is 5.97 Å². The Bertz CT molecular complexity index is 583. The third kappa shape index (κ3) is 5.53. The summed E-state index contributed by atoms with van der Waals surface area (Å²) in [5.74, 6) is -0.175. The summed E-state index contributed by atoms with van der Waals surface area (Å²) in [6.45, 7) is 4.32. The second-order valence-electron chi connectivity index (χ2n) is 5.63. The van der Waals surface area contributed by atoms with E-state index in [2.05, 4.69) is 36.5 Å². The fraction of sp³-hybridized carbons (Fsp3) is 0.350. The van der Waals surface area contributed by atoms with Gasteiger partial charge in [-0.15, -0.1) is 0 Å². The van der Waals surface area contributed by atoms with E-state index >= 15 is 0 Å². The molecule has 2 aromatic carbocycles. The number of rotatable bonds is 8. The van der Waals surface area contributed by atoms with Gasteiger partial charge in [-0.2, -0.15) is 0 Å². The molecule has 23 heavy (non-hydrogen) atoms. The third-order valence-corrected chi connectivity index (χ3v) is 3.89. The molecule has 2 rings (SSSR count). The molecular weight excluding hydrogens is 286 g/mol. The highest BCUT2D eigenvalue weighted by molar-refractivity contribution is 5.75. The molecule has 0 bridgehead atoms. The molecule has 0 aliphatic carbocycles. The van der Waals surface area contributed by atoms with Gasteiger partial charge in [0.2, 0.25) is 0 Å². The molecule has 0 saturated carbocycles. The quantitative estimate of drug-likeness (QED) is 0.751. The van der Waals surface area contributed by atoms with Gasteiger partial charge in [-0.3, -0.25) is 10.1 Å². The maximum absolute atomic E-state index is 12.2. The van der Waals surface area contributed by atoms with Crippen LogP contribution >= 0.6 is 0 Å². The van der Waals surface area contributed by atoms with Crippen molar-refractivity contribution in [2.24, 2.45) is 0 Å². The van der Waals surface area contributed by atoms with Crippen molar-refractivity contribution in [1.82, 2.24) is 5.32 Å². The Morgan fingerprint density at radius 2 is 1.65 bits per heavy atom. The molecule has 1 N–H and O–H groups in total. The molecule has 2 aromatic rings. The average molecular weight is 311 g/mol. The van der Waals surface area contributed by atoms with E-state index in [0.29, 0.717) is 6.61 Å². The van der Waals surface area contributed by atoms with Crippen LogP contribution in [0.4, 0.5) is 0 Å². The smallest absolute Gasteiger partial charge is 0.323 e. The first-order valence-electron chi connectivity index (χ1n) is 8.22. The standard InChI is InChI=1S/C20H25NO2/c1-3-23-20(22)19(15-14-17-10-6-4-7-11-17)21-16(2)18-12-8-5-9-13-18/h4-13,16,19,21H,3,14-15H2,1-2H3/t16-,19-/m0/s1. The zero-order chi connectivity index (χ0) is 16.5. The molecule has 0 spiro atoms. The first-order valence-corrected chi connectivity index (χ1v) is 8.22. The van der Waals surface area contributed by atoms with Crippen LogP contribution in [0.15, 0.2) is 60.7 Å². The zero-order valence-corrected chi connectivity index (χ0v) is 13.9. The van der Waals surface area contributed by atoms with Gasteiger partial charge in [-0.05, 0) is 37.8 Å². The van der Waals surface area contributed by atoms with E-state index in [-0.39, 0.29) is 18.1 Å². The Hall–Kier alpha value is -2.13. The molecule has 0 aliphatic heterocycles. The first kappa shape index (κ1) is 17.2. The monoisotopic (exact) mass is 311 g/mol. The number of esters is 1. The Morgan fingerprint density at radius 1 is 1.04 bits per heavy atom. The lowest BCUT2D eigenvalue weighted by atomic mass is 10.0. The maximum Gasteiger partial charge on any atom is 0.323 e. The van der Waals surface area contributed by atoms with Gasteiger partial charge in [0.15, 0.2) is 0 Å². The number of aryl methyl sites for hydroxylation is 1. The molecule has 3 nitrogen and oxygen atoms in total. The second-order valence-corrected chi connectivity index (χ2v) is 5.63. The Labute approximate surface area is 138 Å². The van der Waals surface area contributed by atoms with E-state index in [1.54, 1.807) is 0 Å². The molecule has 0 aliphatic rings. The van der Waals surface area contributed by atoms with Gasteiger partial charge in [0, 0.05) is 6.04 Å². The van der Waals surface area contributed by atoms with Crippen LogP contribution in [0.5, 0.6) is 0 Å². The lowest BCUT2D eigenvalue weighted by Gasteiger charge is -2.22. The number of benzene rings is 2. The fourth-order valence-electron chi connectivity index (χ4n) is 2.61. The van der Waals surface area contributed by atoms with E-state index < -0.39 is 0 Å². The lowest BCUT2D eigenvalue weighted by molar-refractivity contribution is -0.146. The molecule has 122 valence electrons. The van der Waals surface area contributed by atoms with E-state index in [4.69, 9.17) is 4.74 Å². The van der Waals surface area contributed by atoms with Gasteiger partial charge in [0.1, 0.15) is 6.04 Å². The van der Waals surface area contributed by atoms with Crippen LogP contribution < -0.4 is 5.32 Å². The summed E-state index contributed by atoms with van der Waals surface area (Å²) in [7, 11) is 0. The summed E-state index contributed by atoms with van der Waals surface area (Å²) in [5, 5.41) is 3.41. The zero-order valence-electron chi connectivity index (χ0n) is 13.9. The highest BCUT2D eigenvalue weighted by Gasteiger charge is 2.22. The SMILES string of the molecule is CCOC(=O)[C@H](CCc1ccccc1)N[C@@H](C)c1ccccc1. The van der Waals surface area contributed by atoms with Crippen molar-refractivity contribution in [3.63, 3.8) is 0 Å². The normalized spacial score (nSPS) is 13.3. The molecule has 3 heteroatoms. The lowest BCUT2D eigenvalue weighted by Crippen LogP contribution is -2.40. The van der Waals surface area contributed by atoms with Crippen molar-refractivity contribution in [2.45, 2.75) is 38.8 Å². The number of ether oxygens (including phenoxy) is 1. The second kappa shape index (κ2) is 9.11. The van der Waals surface area contributed by atoms with Gasteiger partial charge in [0.25, 0.3) is 0 Å². The molecule has 2 atom stereocenters. The van der Waals surface area contributed by atoms with Crippen LogP contribution in [0.25, 0.3) is 0 Å². The highest BCUT2D eigenvalue weighted by Crippen LogP contribution is 2.15. The van der Waals surface area contributed by atoms with Crippen molar-refractivity contribution in [3.8, 4) is 0 Å². The number of carbonyl (C=O) groups excluding carboxylic acids is 1. The van der Waals surface area contributed by atoms with E-state index in [9.17, 15) is 4.79 Å². The molecule has 0 fully saturated rings. The van der Waals surface area contributed by atoms with Crippen molar-refractivity contribution in [1.29, 1.82) is 0 Å². The van der Waals surface area contributed by atoms with Crippen molar-refractivity contribution in [2.75, 3.05) is 6.61 Å². The van der Waals surface area contributed by atoms with Crippen LogP contribution in [0.1, 0.15) is 37.4 Å². The minimum atomic E-state index is -0.301. The summed E-state index contributed by atoms with van der Waals surface area (Å²) in [6, 6.07) is 20.2. The van der Waals surface area contributed by atoms with Crippen LogP contribution in [0.2, 0.25) is 0 Å². The number of hydrogen-bond acceptors (Lipinski definition) is 3. The van der Waals surface area contributed by atoms with Gasteiger partial charge >= 0.3 is 5.97 Å². The van der Waals surface area contributed by atoms with Gasteiger partial charge in [-0.25, -0.2) is 0 Å². The molecule has 0 aromatic heterocycles. The third-order valence-electron chi connectivity index (χ3n) is 3.89. The largest absolute Gasteiger partial charge is 0.465 e. The predicted molar refractivity (Wildman–Crippen MR) is 93.2 cm³/mol. The van der Waals surface area contributed by atoms with Gasteiger partial charge in [-0.1, -0.05) is 60.7 Å². The van der Waals surface area contributed by atoms with Crippen LogP contribution in [0, 0.1) is 0 Å². The van der Waals surface area contributed by atoms with Crippen molar-refractivity contribution < 1.29 is 9.53 Å². The first-order chi connectivity index (χ1) is 11.2. The molecule has 0 heterocycles. The molecule has 0 unspecified atom stereocenters. The number of nitrogens with one attached hydrogen (secondary N) is 1. The molecule has 0 saturated heterocycles. The van der Waals surface area contributed by atoms with Crippen LogP contribution in [0.3, 0.4) is 0 Å². The number of hydrogen-bond donors (Lipinski definition) is 1. The average Bonchev–Trinajstić information content (AvgIpc) is 2.60. The number of carbonyl (C=O) groups is 1. The van der Waals surface area contributed by atoms with Gasteiger partial charge < -0.3 is 4.74 Å². The fourth-order valence-corrected chi connectivity index (χ4v) is 2.61. The van der Waals surface area contributed by atoms with Gasteiger partial charge in [0.05, 0.1) is 6.61 Å². The maximum atomic E-state index is 12.2. The summed E-state index contributed by atoms with van der Waals surface area (Å²) in [6.07, 6.45) is 1.57. The highest BCUT2D eigenvalue weighted by atomic mass is 16.5. The Balaban J connectivity index is 2.00. The molecule has 0 amide bonds. The predicted octanol–water partition coefficient (Wildman–Crippen LogP) is 3.90. The minimum absolute atomic E-state index is 0.0985. The van der Waals surface area contributed by atoms with E-state index in [1.807, 2.05) is 43.3 Å². The molecule has 0 radical (unpaired) electrons. The van der Waals surface area contributed by atoms with Crippen LogP contribution in [-0.4, -0.2) is 18.6 Å². The summed E-state index contributed by atoms with van der Waals surface area (Å²) >= 11 is 0. The van der Waals surface area contributed by atoms with Crippen molar-refractivity contribution in [3.05, 3.63) is 71.8 Å². The Kier molecular flexibility index (Phi) is 6.82. The molecular formula is C20H25NO2. The van der Waals surface area contributed by atoms with E-state index in [0.717, 1.165) is 12.8 Å². The summed E-state index contributed by atoms with van der Waals surface area (Å²) in [5.41, 5.74) is 2.40. The minimum Gasteiger partial charge on any atom is -0.465 e.